The Morgan fingerprint density at radius 2 is 1.77 bits per heavy atom. The molecule has 1 N–H and O–H groups in total. The van der Waals surface area contributed by atoms with E-state index < -0.39 is 22.1 Å². The number of β-amino-alcohol motifs (C(OH)–C–C–N with tert-alkyl or cyclic N) is 1. The molecule has 0 amide bonds. The monoisotopic (exact) mass is 427 g/mol. The lowest BCUT2D eigenvalue weighted by Crippen LogP contribution is -2.37. The molecule has 1 aliphatic heterocycles. The van der Waals surface area contributed by atoms with E-state index in [0.717, 1.165) is 5.39 Å². The molecule has 0 fully saturated rings. The first-order valence-corrected chi connectivity index (χ1v) is 11.0. The predicted molar refractivity (Wildman–Crippen MR) is 112 cm³/mol. The number of benzene rings is 3. The van der Waals surface area contributed by atoms with E-state index in [1.807, 2.05) is 12.1 Å². The second kappa shape index (κ2) is 7.97. The smallest absolute Gasteiger partial charge is 0.338 e. The van der Waals surface area contributed by atoms with Gasteiger partial charge in [-0.25, -0.2) is 13.2 Å². The van der Waals surface area contributed by atoms with E-state index in [-0.39, 0.29) is 18.0 Å². The van der Waals surface area contributed by atoms with Gasteiger partial charge in [0.05, 0.1) is 29.3 Å². The standard InChI is InChI=1S/C22H21NO6S/c1-2-28-22(25)16-9-11-18(12-10-16)29-14-17(24)13-23-19-7-3-5-15-6-4-8-20(21(15)19)30(23,26)27/h3-12,17,24H,2,13-14H2,1H3/t17-/m0/s1. The summed E-state index contributed by atoms with van der Waals surface area (Å²) in [5, 5.41) is 12.0. The number of ether oxygens (including phenoxy) is 2. The molecule has 0 aliphatic carbocycles. The molecule has 3 aromatic carbocycles. The van der Waals surface area contributed by atoms with Crippen molar-refractivity contribution in [2.75, 3.05) is 24.1 Å². The van der Waals surface area contributed by atoms with E-state index in [1.54, 1.807) is 55.5 Å². The number of hydrogen-bond donors (Lipinski definition) is 1. The van der Waals surface area contributed by atoms with Gasteiger partial charge in [0.1, 0.15) is 18.5 Å². The first kappa shape index (κ1) is 20.2. The quantitative estimate of drug-likeness (QED) is 0.583. The van der Waals surface area contributed by atoms with Gasteiger partial charge in [0, 0.05) is 5.39 Å². The largest absolute Gasteiger partial charge is 0.491 e. The normalized spacial score (nSPS) is 15.2. The van der Waals surface area contributed by atoms with Gasteiger partial charge in [-0.15, -0.1) is 0 Å². The number of esters is 1. The van der Waals surface area contributed by atoms with E-state index in [0.29, 0.717) is 29.0 Å². The molecule has 0 spiro atoms. The van der Waals surface area contributed by atoms with Crippen LogP contribution in [0.2, 0.25) is 0 Å². The van der Waals surface area contributed by atoms with Crippen molar-refractivity contribution in [3.8, 4) is 5.75 Å². The fraction of sp³-hybridized carbons (Fsp3) is 0.227. The van der Waals surface area contributed by atoms with Gasteiger partial charge in [-0.2, -0.15) is 0 Å². The second-order valence-corrected chi connectivity index (χ2v) is 8.71. The van der Waals surface area contributed by atoms with E-state index in [2.05, 4.69) is 0 Å². The van der Waals surface area contributed by atoms with Crippen LogP contribution in [0.4, 0.5) is 5.69 Å². The molecule has 1 atom stereocenters. The summed E-state index contributed by atoms with van der Waals surface area (Å²) in [7, 11) is -3.73. The third kappa shape index (κ3) is 3.59. The number of nitrogens with zero attached hydrogens (tertiary/aromatic N) is 1. The summed E-state index contributed by atoms with van der Waals surface area (Å²) in [5.41, 5.74) is 0.958. The molecule has 0 unspecified atom stereocenters. The molecule has 8 heteroatoms. The number of aliphatic hydroxyl groups is 1. The predicted octanol–water partition coefficient (Wildman–Crippen LogP) is 2.97. The van der Waals surface area contributed by atoms with Crippen LogP contribution < -0.4 is 9.04 Å². The first-order valence-electron chi connectivity index (χ1n) is 9.54. The summed E-state index contributed by atoms with van der Waals surface area (Å²) in [6.45, 7) is 1.80. The van der Waals surface area contributed by atoms with Crippen molar-refractivity contribution in [3.63, 3.8) is 0 Å². The number of hydrogen-bond acceptors (Lipinski definition) is 6. The Kier molecular flexibility index (Phi) is 5.36. The molecule has 0 saturated carbocycles. The van der Waals surface area contributed by atoms with Crippen molar-refractivity contribution in [2.45, 2.75) is 17.9 Å². The molecule has 0 saturated heterocycles. The molecular weight excluding hydrogens is 406 g/mol. The number of carbonyl (C=O) groups excluding carboxylic acids is 1. The summed E-state index contributed by atoms with van der Waals surface area (Å²) < 4.78 is 37.6. The number of rotatable bonds is 7. The Bertz CT molecular complexity index is 1180. The molecule has 0 aromatic heterocycles. The molecule has 1 heterocycles. The average molecular weight is 427 g/mol. The van der Waals surface area contributed by atoms with Gasteiger partial charge < -0.3 is 14.6 Å². The van der Waals surface area contributed by atoms with E-state index in [4.69, 9.17) is 9.47 Å². The molecule has 7 nitrogen and oxygen atoms in total. The maximum Gasteiger partial charge on any atom is 0.338 e. The minimum Gasteiger partial charge on any atom is -0.491 e. The highest BCUT2D eigenvalue weighted by molar-refractivity contribution is 7.93. The Morgan fingerprint density at radius 3 is 2.47 bits per heavy atom. The highest BCUT2D eigenvalue weighted by Crippen LogP contribution is 2.41. The number of carbonyl (C=O) groups is 1. The van der Waals surface area contributed by atoms with Crippen LogP contribution in [0.3, 0.4) is 0 Å². The van der Waals surface area contributed by atoms with Crippen LogP contribution in [0.5, 0.6) is 5.75 Å². The summed E-state index contributed by atoms with van der Waals surface area (Å²) in [6, 6.07) is 16.9. The lowest BCUT2D eigenvalue weighted by Gasteiger charge is -2.22. The van der Waals surface area contributed by atoms with Gasteiger partial charge in [-0.1, -0.05) is 24.3 Å². The lowest BCUT2D eigenvalue weighted by molar-refractivity contribution is 0.0526. The molecule has 156 valence electrons. The Morgan fingerprint density at radius 1 is 1.07 bits per heavy atom. The van der Waals surface area contributed by atoms with Crippen molar-refractivity contribution in [3.05, 3.63) is 66.2 Å². The van der Waals surface area contributed by atoms with Gasteiger partial charge >= 0.3 is 5.97 Å². The number of anilines is 1. The molecule has 1 aliphatic rings. The van der Waals surface area contributed by atoms with Crippen molar-refractivity contribution in [2.24, 2.45) is 0 Å². The minimum absolute atomic E-state index is 0.100. The summed E-state index contributed by atoms with van der Waals surface area (Å²) >= 11 is 0. The summed E-state index contributed by atoms with van der Waals surface area (Å²) in [4.78, 5) is 11.9. The zero-order chi connectivity index (χ0) is 21.3. The molecular formula is C22H21NO6S. The molecule has 4 rings (SSSR count). The van der Waals surface area contributed by atoms with Gasteiger partial charge in [-0.05, 0) is 48.7 Å². The van der Waals surface area contributed by atoms with Crippen LogP contribution in [0, 0.1) is 0 Å². The van der Waals surface area contributed by atoms with E-state index >= 15 is 0 Å². The Balaban J connectivity index is 1.44. The zero-order valence-corrected chi connectivity index (χ0v) is 17.1. The summed E-state index contributed by atoms with van der Waals surface area (Å²) in [6.07, 6.45) is -1.05. The maximum atomic E-state index is 13.0. The third-order valence-corrected chi connectivity index (χ3v) is 6.69. The van der Waals surface area contributed by atoms with Gasteiger partial charge in [0.15, 0.2) is 0 Å². The fourth-order valence-corrected chi connectivity index (χ4v) is 5.24. The van der Waals surface area contributed by atoms with Crippen molar-refractivity contribution in [1.82, 2.24) is 0 Å². The zero-order valence-electron chi connectivity index (χ0n) is 16.3. The van der Waals surface area contributed by atoms with Crippen molar-refractivity contribution < 1.29 is 27.8 Å². The van der Waals surface area contributed by atoms with Crippen molar-refractivity contribution in [1.29, 1.82) is 0 Å². The van der Waals surface area contributed by atoms with Crippen LogP contribution in [0.1, 0.15) is 17.3 Å². The minimum atomic E-state index is -3.73. The summed E-state index contributed by atoms with van der Waals surface area (Å²) in [5.74, 6) is 0.0360. The molecule has 3 aromatic rings. The van der Waals surface area contributed by atoms with Gasteiger partial charge in [0.25, 0.3) is 10.0 Å². The topological polar surface area (TPSA) is 93.1 Å². The van der Waals surface area contributed by atoms with E-state index in [9.17, 15) is 18.3 Å². The third-order valence-electron chi connectivity index (χ3n) is 4.87. The highest BCUT2D eigenvalue weighted by Gasteiger charge is 2.36. The first-order chi connectivity index (χ1) is 14.4. The number of aliphatic hydroxyl groups excluding tert-OH is 1. The lowest BCUT2D eigenvalue weighted by atomic mass is 10.1. The van der Waals surface area contributed by atoms with Gasteiger partial charge in [-0.3, -0.25) is 4.31 Å². The highest BCUT2D eigenvalue weighted by atomic mass is 32.2. The van der Waals surface area contributed by atoms with Crippen LogP contribution in [-0.4, -0.2) is 45.4 Å². The van der Waals surface area contributed by atoms with Crippen LogP contribution in [-0.2, 0) is 14.8 Å². The molecule has 0 bridgehead atoms. The molecule has 0 radical (unpaired) electrons. The molecule has 30 heavy (non-hydrogen) atoms. The Labute approximate surface area is 174 Å². The van der Waals surface area contributed by atoms with Gasteiger partial charge in [0.2, 0.25) is 0 Å². The van der Waals surface area contributed by atoms with Crippen LogP contribution in [0.25, 0.3) is 10.8 Å². The average Bonchev–Trinajstić information content (AvgIpc) is 2.96. The van der Waals surface area contributed by atoms with Crippen LogP contribution in [0.15, 0.2) is 65.6 Å². The van der Waals surface area contributed by atoms with E-state index in [1.165, 1.54) is 4.31 Å². The van der Waals surface area contributed by atoms with Crippen LogP contribution >= 0.6 is 0 Å². The second-order valence-electron chi connectivity index (χ2n) is 6.88. The van der Waals surface area contributed by atoms with Crippen molar-refractivity contribution >= 4 is 32.5 Å². The fourth-order valence-electron chi connectivity index (χ4n) is 3.49. The maximum absolute atomic E-state index is 13.0. The number of sulfonamides is 1. The Hall–Kier alpha value is -3.10. The SMILES string of the molecule is CCOC(=O)c1ccc(OC[C@@H](O)CN2c3cccc4cccc(c34)S2(=O)=O)cc1.